The fourth-order valence-electron chi connectivity index (χ4n) is 1.35. The third kappa shape index (κ3) is 2.70. The molecule has 0 aliphatic rings. The summed E-state index contributed by atoms with van der Waals surface area (Å²) in [6, 6.07) is 6.38. The summed E-state index contributed by atoms with van der Waals surface area (Å²) in [6.45, 7) is 0.257. The Labute approximate surface area is 115 Å². The fraction of sp³-hybridized carbons (Fsp3) is 0.0833. The minimum absolute atomic E-state index is 0.0280. The fourth-order valence-corrected chi connectivity index (χ4v) is 2.47. The number of carboxylic acids is 1. The van der Waals surface area contributed by atoms with Crippen LogP contribution in [0.5, 0.6) is 5.75 Å². The Kier molecular flexibility index (Phi) is 3.98. The molecule has 0 saturated carbocycles. The second kappa shape index (κ2) is 5.49. The molecule has 0 spiro atoms. The molecule has 0 saturated heterocycles. The molecule has 0 radical (unpaired) electrons. The van der Waals surface area contributed by atoms with Gasteiger partial charge in [-0.05, 0) is 39.5 Å². The van der Waals surface area contributed by atoms with Gasteiger partial charge >= 0.3 is 5.97 Å². The first-order valence-corrected chi connectivity index (χ1v) is 6.63. The highest BCUT2D eigenvalue weighted by Gasteiger charge is 2.16. The van der Waals surface area contributed by atoms with Crippen LogP contribution < -0.4 is 4.74 Å². The molecule has 94 valence electrons. The van der Waals surface area contributed by atoms with E-state index in [4.69, 9.17) is 9.84 Å². The summed E-state index contributed by atoms with van der Waals surface area (Å²) in [4.78, 5) is 11.8. The van der Waals surface area contributed by atoms with E-state index in [0.717, 1.165) is 4.88 Å². The molecule has 0 unspecified atom stereocenters. The zero-order valence-corrected chi connectivity index (χ0v) is 11.4. The molecule has 0 bridgehead atoms. The maximum absolute atomic E-state index is 13.8. The molecule has 1 N–H and O–H groups in total. The molecule has 3 nitrogen and oxygen atoms in total. The van der Waals surface area contributed by atoms with Crippen LogP contribution >= 0.6 is 27.3 Å². The lowest BCUT2D eigenvalue weighted by molar-refractivity contribution is 0.0695. The summed E-state index contributed by atoms with van der Waals surface area (Å²) >= 11 is 4.42. The first-order valence-electron chi connectivity index (χ1n) is 4.96. The van der Waals surface area contributed by atoms with Crippen molar-refractivity contribution in [1.29, 1.82) is 0 Å². The van der Waals surface area contributed by atoms with Gasteiger partial charge in [0.05, 0.1) is 10.0 Å². The van der Waals surface area contributed by atoms with E-state index in [0.29, 0.717) is 0 Å². The smallest absolute Gasteiger partial charge is 0.336 e. The third-order valence-electron chi connectivity index (χ3n) is 2.23. The van der Waals surface area contributed by atoms with Crippen LogP contribution in [0, 0.1) is 5.82 Å². The SMILES string of the molecule is O=C(O)c1ccc(OCc2cccs2)c(F)c1Br. The van der Waals surface area contributed by atoms with Gasteiger partial charge in [0.25, 0.3) is 0 Å². The molecule has 1 aromatic carbocycles. The van der Waals surface area contributed by atoms with E-state index in [-0.39, 0.29) is 22.4 Å². The Bertz CT molecular complexity index is 569. The molecule has 0 amide bonds. The second-order valence-corrected chi connectivity index (χ2v) is 5.24. The van der Waals surface area contributed by atoms with Crippen molar-refractivity contribution in [3.63, 3.8) is 0 Å². The number of carbonyl (C=O) groups is 1. The number of halogens is 2. The van der Waals surface area contributed by atoms with Gasteiger partial charge < -0.3 is 9.84 Å². The maximum Gasteiger partial charge on any atom is 0.336 e. The van der Waals surface area contributed by atoms with Crippen molar-refractivity contribution in [2.75, 3.05) is 0 Å². The number of benzene rings is 1. The van der Waals surface area contributed by atoms with E-state index >= 15 is 0 Å². The van der Waals surface area contributed by atoms with Gasteiger partial charge in [-0.25, -0.2) is 9.18 Å². The van der Waals surface area contributed by atoms with Crippen molar-refractivity contribution in [2.24, 2.45) is 0 Å². The van der Waals surface area contributed by atoms with Crippen LogP contribution in [0.2, 0.25) is 0 Å². The number of carboxylic acid groups (broad SMARTS) is 1. The van der Waals surface area contributed by atoms with Gasteiger partial charge in [-0.3, -0.25) is 0 Å². The molecule has 0 aliphatic carbocycles. The van der Waals surface area contributed by atoms with Crippen molar-refractivity contribution in [1.82, 2.24) is 0 Å². The number of ether oxygens (including phenoxy) is 1. The molecule has 1 heterocycles. The third-order valence-corrected chi connectivity index (χ3v) is 3.85. The Morgan fingerprint density at radius 3 is 2.83 bits per heavy atom. The van der Waals surface area contributed by atoms with Crippen LogP contribution in [0.15, 0.2) is 34.1 Å². The molecular weight excluding hydrogens is 323 g/mol. The maximum atomic E-state index is 13.8. The molecule has 0 fully saturated rings. The first kappa shape index (κ1) is 13.0. The van der Waals surface area contributed by atoms with E-state index in [2.05, 4.69) is 15.9 Å². The van der Waals surface area contributed by atoms with Gasteiger partial charge in [0, 0.05) is 4.88 Å². The van der Waals surface area contributed by atoms with Gasteiger partial charge in [0.2, 0.25) is 0 Å². The quantitative estimate of drug-likeness (QED) is 0.923. The molecule has 0 atom stereocenters. The van der Waals surface area contributed by atoms with E-state index < -0.39 is 11.8 Å². The summed E-state index contributed by atoms with van der Waals surface area (Å²) in [5, 5.41) is 10.7. The predicted molar refractivity (Wildman–Crippen MR) is 69.7 cm³/mol. The molecular formula is C12H8BrFO3S. The molecule has 6 heteroatoms. The van der Waals surface area contributed by atoms with Gasteiger partial charge in [-0.2, -0.15) is 0 Å². The number of thiophene rings is 1. The van der Waals surface area contributed by atoms with Crippen LogP contribution in [0.4, 0.5) is 4.39 Å². The van der Waals surface area contributed by atoms with Crippen molar-refractivity contribution in [3.8, 4) is 5.75 Å². The summed E-state index contributed by atoms with van der Waals surface area (Å²) in [6.07, 6.45) is 0. The standard InChI is InChI=1S/C12H8BrFO3S/c13-10-8(12(15)16)3-4-9(11(10)14)17-6-7-2-1-5-18-7/h1-5H,6H2,(H,15,16). The summed E-state index contributed by atoms with van der Waals surface area (Å²) in [5.41, 5.74) is -0.129. The number of hydrogen-bond acceptors (Lipinski definition) is 3. The average Bonchev–Trinajstić information content (AvgIpc) is 2.83. The van der Waals surface area contributed by atoms with E-state index in [1.165, 1.54) is 23.5 Å². The molecule has 18 heavy (non-hydrogen) atoms. The van der Waals surface area contributed by atoms with Gasteiger partial charge in [0.1, 0.15) is 6.61 Å². The zero-order valence-electron chi connectivity index (χ0n) is 9.02. The molecule has 2 rings (SSSR count). The van der Waals surface area contributed by atoms with Gasteiger partial charge in [0.15, 0.2) is 11.6 Å². The number of rotatable bonds is 4. The highest BCUT2D eigenvalue weighted by atomic mass is 79.9. The summed E-state index contributed by atoms with van der Waals surface area (Å²) in [7, 11) is 0. The monoisotopic (exact) mass is 330 g/mol. The zero-order chi connectivity index (χ0) is 13.1. The van der Waals surface area contributed by atoms with Crippen LogP contribution in [-0.2, 0) is 6.61 Å². The normalized spacial score (nSPS) is 10.3. The predicted octanol–water partition coefficient (Wildman–Crippen LogP) is 3.93. The minimum Gasteiger partial charge on any atom is -0.485 e. The van der Waals surface area contributed by atoms with Gasteiger partial charge in [-0.1, -0.05) is 6.07 Å². The Hall–Kier alpha value is -1.40. The van der Waals surface area contributed by atoms with Crippen molar-refractivity contribution >= 4 is 33.2 Å². The molecule has 0 aliphatic heterocycles. The van der Waals surface area contributed by atoms with E-state index in [1.807, 2.05) is 17.5 Å². The summed E-state index contributed by atoms with van der Waals surface area (Å²) in [5.74, 6) is -1.86. The largest absolute Gasteiger partial charge is 0.485 e. The van der Waals surface area contributed by atoms with E-state index in [9.17, 15) is 9.18 Å². The van der Waals surface area contributed by atoms with Crippen molar-refractivity contribution in [2.45, 2.75) is 6.61 Å². The van der Waals surface area contributed by atoms with Crippen molar-refractivity contribution < 1.29 is 19.0 Å². The highest BCUT2D eigenvalue weighted by Crippen LogP contribution is 2.29. The first-order chi connectivity index (χ1) is 8.59. The Morgan fingerprint density at radius 1 is 1.44 bits per heavy atom. The van der Waals surface area contributed by atoms with Crippen molar-refractivity contribution in [3.05, 3.63) is 50.4 Å². The highest BCUT2D eigenvalue weighted by molar-refractivity contribution is 9.10. The second-order valence-electron chi connectivity index (χ2n) is 3.41. The molecule has 1 aromatic heterocycles. The Morgan fingerprint density at radius 2 is 2.22 bits per heavy atom. The lowest BCUT2D eigenvalue weighted by Gasteiger charge is -2.08. The number of aromatic carboxylic acids is 1. The Balaban J connectivity index is 2.19. The molecule has 2 aromatic rings. The average molecular weight is 331 g/mol. The summed E-state index contributed by atoms with van der Waals surface area (Å²) < 4.78 is 19.0. The lowest BCUT2D eigenvalue weighted by atomic mass is 10.2. The van der Waals surface area contributed by atoms with Crippen LogP contribution in [0.25, 0.3) is 0 Å². The van der Waals surface area contributed by atoms with Crippen LogP contribution in [-0.4, -0.2) is 11.1 Å². The lowest BCUT2D eigenvalue weighted by Crippen LogP contribution is -2.02. The van der Waals surface area contributed by atoms with Gasteiger partial charge in [-0.15, -0.1) is 11.3 Å². The minimum atomic E-state index is -1.19. The van der Waals surface area contributed by atoms with Crippen LogP contribution in [0.3, 0.4) is 0 Å². The van der Waals surface area contributed by atoms with E-state index in [1.54, 1.807) is 0 Å². The topological polar surface area (TPSA) is 46.5 Å². The number of hydrogen-bond donors (Lipinski definition) is 1. The van der Waals surface area contributed by atoms with Crippen LogP contribution in [0.1, 0.15) is 15.2 Å².